The van der Waals surface area contributed by atoms with E-state index in [1.165, 1.54) is 180 Å². The van der Waals surface area contributed by atoms with Crippen molar-refractivity contribution in [2.24, 2.45) is 0 Å². The number of carbonyl (C=O) groups excluding carboxylic acids is 2. The highest BCUT2D eigenvalue weighted by atomic mass is 16.5. The first kappa shape index (κ1) is 50.2. The highest BCUT2D eigenvalue weighted by molar-refractivity contribution is 5.87. The van der Waals surface area contributed by atoms with E-state index in [1.54, 1.807) is 48.6 Å². The largest absolute Gasteiger partial charge is 0.504 e. The first-order chi connectivity index (χ1) is 28.4. The Hall–Kier alpha value is -3.94. The molecule has 0 aliphatic carbocycles. The van der Waals surface area contributed by atoms with Crippen LogP contribution in [0.5, 0.6) is 23.0 Å². The van der Waals surface area contributed by atoms with E-state index in [1.807, 2.05) is 0 Å². The van der Waals surface area contributed by atoms with Crippen molar-refractivity contribution >= 4 is 24.1 Å². The van der Waals surface area contributed by atoms with Gasteiger partial charge < -0.3 is 29.2 Å². The van der Waals surface area contributed by atoms with Crippen molar-refractivity contribution in [2.45, 2.75) is 180 Å². The van der Waals surface area contributed by atoms with Crippen molar-refractivity contribution in [1.29, 1.82) is 0 Å². The molecule has 0 saturated heterocycles. The minimum atomic E-state index is -0.342. The Morgan fingerprint density at radius 2 is 0.655 bits per heavy atom. The van der Waals surface area contributed by atoms with E-state index in [9.17, 15) is 19.8 Å². The van der Waals surface area contributed by atoms with Crippen LogP contribution in [0.3, 0.4) is 0 Å². The van der Waals surface area contributed by atoms with E-state index < -0.39 is 0 Å². The number of aromatic hydroxyl groups is 2. The van der Waals surface area contributed by atoms with Crippen LogP contribution in [0, 0.1) is 0 Å². The molecular formula is C50H78O8. The van der Waals surface area contributed by atoms with Crippen LogP contribution in [-0.2, 0) is 19.1 Å². The molecule has 0 heterocycles. The number of phenolic OH excluding ortho intramolecular Hbond substituents is 2. The molecule has 0 aromatic heterocycles. The van der Waals surface area contributed by atoms with Crippen LogP contribution in [0.2, 0.25) is 0 Å². The average Bonchev–Trinajstić information content (AvgIpc) is 3.23. The minimum Gasteiger partial charge on any atom is -0.504 e. The summed E-state index contributed by atoms with van der Waals surface area (Å²) in [5.41, 5.74) is 1.54. The molecule has 0 spiro atoms. The van der Waals surface area contributed by atoms with Gasteiger partial charge in [0.25, 0.3) is 0 Å². The summed E-state index contributed by atoms with van der Waals surface area (Å²) >= 11 is 0. The molecule has 8 nitrogen and oxygen atoms in total. The average molecular weight is 807 g/mol. The fraction of sp³-hybridized carbons (Fsp3) is 0.640. The van der Waals surface area contributed by atoms with Gasteiger partial charge in [0, 0.05) is 12.2 Å². The van der Waals surface area contributed by atoms with Crippen LogP contribution in [0.1, 0.15) is 191 Å². The fourth-order valence-corrected chi connectivity index (χ4v) is 7.17. The summed E-state index contributed by atoms with van der Waals surface area (Å²) in [5, 5.41) is 19.3. The Morgan fingerprint density at radius 1 is 0.414 bits per heavy atom. The smallest absolute Gasteiger partial charge is 0.330 e. The van der Waals surface area contributed by atoms with E-state index in [2.05, 4.69) is 0 Å². The second-order valence-corrected chi connectivity index (χ2v) is 15.8. The molecule has 326 valence electrons. The van der Waals surface area contributed by atoms with Crippen molar-refractivity contribution in [1.82, 2.24) is 0 Å². The molecule has 0 bridgehead atoms. The number of phenols is 2. The van der Waals surface area contributed by atoms with E-state index in [4.69, 9.17) is 18.9 Å². The Balaban J connectivity index is 1.21. The summed E-state index contributed by atoms with van der Waals surface area (Å²) in [4.78, 5) is 23.9. The van der Waals surface area contributed by atoms with Gasteiger partial charge in [0.1, 0.15) is 0 Å². The molecule has 58 heavy (non-hydrogen) atoms. The highest BCUT2D eigenvalue weighted by Crippen LogP contribution is 2.28. The molecule has 0 atom stereocenters. The predicted octanol–water partition coefficient (Wildman–Crippen LogP) is 13.9. The van der Waals surface area contributed by atoms with Crippen molar-refractivity contribution in [3.63, 3.8) is 0 Å². The Bertz CT molecular complexity index is 1290. The maximum Gasteiger partial charge on any atom is 0.330 e. The van der Waals surface area contributed by atoms with Gasteiger partial charge in [-0.1, -0.05) is 179 Å². The molecule has 0 saturated carbocycles. The van der Waals surface area contributed by atoms with Crippen LogP contribution in [0.4, 0.5) is 0 Å². The van der Waals surface area contributed by atoms with Crippen LogP contribution in [0.25, 0.3) is 12.2 Å². The van der Waals surface area contributed by atoms with Gasteiger partial charge in [0.2, 0.25) is 0 Å². The third-order valence-electron chi connectivity index (χ3n) is 10.8. The van der Waals surface area contributed by atoms with E-state index in [-0.39, 0.29) is 23.4 Å². The van der Waals surface area contributed by atoms with Gasteiger partial charge >= 0.3 is 11.9 Å². The number of ether oxygens (including phenoxy) is 4. The Labute approximate surface area is 351 Å². The van der Waals surface area contributed by atoms with Gasteiger partial charge in [0.05, 0.1) is 27.4 Å². The molecule has 0 unspecified atom stereocenters. The third kappa shape index (κ3) is 26.9. The summed E-state index contributed by atoms with van der Waals surface area (Å²) in [6, 6.07) is 9.88. The molecule has 2 aromatic rings. The zero-order valence-corrected chi connectivity index (χ0v) is 36.3. The van der Waals surface area contributed by atoms with E-state index >= 15 is 0 Å². The van der Waals surface area contributed by atoms with Crippen LogP contribution < -0.4 is 9.47 Å². The first-order valence-corrected chi connectivity index (χ1v) is 22.9. The summed E-state index contributed by atoms with van der Waals surface area (Å²) in [6.45, 7) is 0.920. The standard InChI is InChI=1S/C50H78O8/c1-55-47-41-43(31-35-45(47)51)33-37-49(53)57-39-29-27-25-23-21-19-17-15-13-11-9-7-5-3-4-6-8-10-12-14-16-18-20-22-24-26-28-30-40-58-50(54)38-34-44-32-36-46(52)48(42-44)56-2/h31-38,41-42,51-52H,3-30,39-40H2,1-2H3. The number of rotatable bonds is 37. The molecular weight excluding hydrogens is 729 g/mol. The summed E-state index contributed by atoms with van der Waals surface area (Å²) < 4.78 is 20.8. The number of unbranched alkanes of at least 4 members (excludes halogenated alkanes) is 27. The molecule has 0 aliphatic rings. The van der Waals surface area contributed by atoms with E-state index in [0.717, 1.165) is 36.8 Å². The van der Waals surface area contributed by atoms with Crippen LogP contribution in [0.15, 0.2) is 48.6 Å². The van der Waals surface area contributed by atoms with Gasteiger partial charge in [-0.2, -0.15) is 0 Å². The number of hydrogen-bond donors (Lipinski definition) is 2. The monoisotopic (exact) mass is 807 g/mol. The number of hydrogen-bond acceptors (Lipinski definition) is 8. The summed E-state index contributed by atoms with van der Waals surface area (Å²) in [6.07, 6.45) is 42.8. The zero-order chi connectivity index (χ0) is 41.7. The lowest BCUT2D eigenvalue weighted by Crippen LogP contribution is -2.02. The van der Waals surface area contributed by atoms with Crippen molar-refractivity contribution < 1.29 is 38.7 Å². The van der Waals surface area contributed by atoms with Crippen LogP contribution >= 0.6 is 0 Å². The lowest BCUT2D eigenvalue weighted by atomic mass is 10.0. The molecule has 2 aromatic carbocycles. The van der Waals surface area contributed by atoms with Crippen molar-refractivity contribution in [3.05, 3.63) is 59.7 Å². The maximum absolute atomic E-state index is 11.9. The topological polar surface area (TPSA) is 112 Å². The molecule has 8 heteroatoms. The second kappa shape index (κ2) is 35.0. The van der Waals surface area contributed by atoms with Gasteiger partial charge in [-0.25, -0.2) is 9.59 Å². The number of esters is 2. The Kier molecular flexibility index (Phi) is 30.3. The lowest BCUT2D eigenvalue weighted by molar-refractivity contribution is -0.138. The van der Waals surface area contributed by atoms with Crippen molar-refractivity contribution in [2.75, 3.05) is 27.4 Å². The summed E-state index contributed by atoms with van der Waals surface area (Å²) in [7, 11) is 2.99. The molecule has 2 rings (SSSR count). The Morgan fingerprint density at radius 3 is 0.897 bits per heavy atom. The molecule has 2 N–H and O–H groups in total. The zero-order valence-electron chi connectivity index (χ0n) is 36.3. The van der Waals surface area contributed by atoms with Gasteiger partial charge in [0.15, 0.2) is 23.0 Å². The first-order valence-electron chi connectivity index (χ1n) is 22.9. The van der Waals surface area contributed by atoms with Crippen LogP contribution in [-0.4, -0.2) is 49.6 Å². The van der Waals surface area contributed by atoms with Crippen molar-refractivity contribution in [3.8, 4) is 23.0 Å². The van der Waals surface area contributed by atoms with E-state index in [0.29, 0.717) is 24.7 Å². The second-order valence-electron chi connectivity index (χ2n) is 15.8. The fourth-order valence-electron chi connectivity index (χ4n) is 7.17. The van der Waals surface area contributed by atoms with Gasteiger partial charge in [-0.3, -0.25) is 0 Å². The number of benzene rings is 2. The molecule has 0 aliphatic heterocycles. The SMILES string of the molecule is COc1cc(C=CC(=O)OCCCCCCCCCCCCCCCCCCCCCCCCCCCCCCOC(=O)C=Cc2ccc(O)c(OC)c2)ccc1O. The predicted molar refractivity (Wildman–Crippen MR) is 239 cm³/mol. The van der Waals surface area contributed by atoms with Gasteiger partial charge in [-0.05, 0) is 60.4 Å². The highest BCUT2D eigenvalue weighted by Gasteiger charge is 2.04. The molecule has 0 fully saturated rings. The lowest BCUT2D eigenvalue weighted by Gasteiger charge is -2.05. The third-order valence-corrected chi connectivity index (χ3v) is 10.8. The summed E-state index contributed by atoms with van der Waals surface area (Å²) in [5.74, 6) is 0.218. The maximum atomic E-state index is 11.9. The molecule has 0 amide bonds. The normalized spacial score (nSPS) is 11.4. The number of carbonyl (C=O) groups is 2. The minimum absolute atomic E-state index is 0.0738. The number of methoxy groups -OCH3 is 2. The molecule has 0 radical (unpaired) electrons. The quantitative estimate of drug-likeness (QED) is 0.0394. The van der Waals surface area contributed by atoms with Gasteiger partial charge in [-0.15, -0.1) is 0 Å².